The summed E-state index contributed by atoms with van der Waals surface area (Å²) in [5, 5.41) is 37.4. The number of nitrogens with one attached hydrogen (secondary N) is 2. The lowest BCUT2D eigenvalue weighted by atomic mass is 9.90. The van der Waals surface area contributed by atoms with Gasteiger partial charge in [0.15, 0.2) is 0 Å². The fraction of sp³-hybridized carbons (Fsp3) is 0.474. The molecule has 0 aliphatic rings. The van der Waals surface area contributed by atoms with Crippen LogP contribution in [-0.2, 0) is 25.7 Å². The summed E-state index contributed by atoms with van der Waals surface area (Å²) in [7, 11) is 0. The predicted octanol–water partition coefficient (Wildman–Crippen LogP) is 5.41. The number of aliphatic hydroxyl groups excluding tert-OH is 2. The Morgan fingerprint density at radius 2 is 1.53 bits per heavy atom. The van der Waals surface area contributed by atoms with E-state index in [1.54, 1.807) is 12.1 Å². The Labute approximate surface area is 288 Å². The number of aliphatic carboxylic acids is 1. The third-order valence-corrected chi connectivity index (χ3v) is 8.50. The summed E-state index contributed by atoms with van der Waals surface area (Å²) < 4.78 is 5.37. The zero-order chi connectivity index (χ0) is 35.9. The summed E-state index contributed by atoms with van der Waals surface area (Å²) in [5.41, 5.74) is 1.27. The van der Waals surface area contributed by atoms with Gasteiger partial charge in [-0.1, -0.05) is 100 Å². The van der Waals surface area contributed by atoms with Gasteiger partial charge < -0.3 is 30.7 Å². The topological polar surface area (TPSA) is 165 Å². The fourth-order valence-electron chi connectivity index (χ4n) is 5.90. The van der Waals surface area contributed by atoms with Crippen LogP contribution in [0.4, 0.5) is 10.5 Å². The molecule has 3 aromatic rings. The van der Waals surface area contributed by atoms with E-state index in [0.717, 1.165) is 22.8 Å². The summed E-state index contributed by atoms with van der Waals surface area (Å²) in [4.78, 5) is 54.9. The number of nitrogens with zero attached hydrogens (tertiary/aromatic N) is 1. The van der Waals surface area contributed by atoms with Gasteiger partial charge in [-0.05, 0) is 55.5 Å². The highest BCUT2D eigenvalue weighted by molar-refractivity contribution is 6.09. The largest absolute Gasteiger partial charge is 0.481 e. The van der Waals surface area contributed by atoms with Gasteiger partial charge in [-0.25, -0.2) is 4.79 Å². The van der Waals surface area contributed by atoms with Crippen LogP contribution in [0.5, 0.6) is 0 Å². The number of hydrogen-bond donors (Lipinski definition) is 5. The first-order valence-corrected chi connectivity index (χ1v) is 17.1. The molecule has 5 atom stereocenters. The molecule has 2 unspecified atom stereocenters. The molecule has 3 rings (SSSR count). The minimum atomic E-state index is -1.22. The molecular weight excluding hydrogens is 626 g/mol. The second kappa shape index (κ2) is 19.5. The van der Waals surface area contributed by atoms with Crippen molar-refractivity contribution >= 4 is 40.3 Å². The van der Waals surface area contributed by atoms with E-state index in [9.17, 15) is 34.5 Å². The van der Waals surface area contributed by atoms with Gasteiger partial charge in [0.05, 0.1) is 23.8 Å². The number of carboxylic acid groups (broad SMARTS) is 1. The fourth-order valence-corrected chi connectivity index (χ4v) is 5.90. The number of alkyl carbamates (subject to hydrolysis) is 1. The lowest BCUT2D eigenvalue weighted by Gasteiger charge is -2.36. The lowest BCUT2D eigenvalue weighted by Crippen LogP contribution is -2.58. The summed E-state index contributed by atoms with van der Waals surface area (Å²) >= 11 is 0. The molecule has 0 radical (unpaired) electrons. The third kappa shape index (κ3) is 11.6. The molecule has 11 heteroatoms. The van der Waals surface area contributed by atoms with E-state index in [1.807, 2.05) is 81.4 Å². The van der Waals surface area contributed by atoms with Gasteiger partial charge in [0, 0.05) is 12.0 Å². The Balaban J connectivity index is 1.98. The average Bonchev–Trinajstić information content (AvgIpc) is 3.08. The number of fused-ring (bicyclic) bond motifs is 1. The van der Waals surface area contributed by atoms with Gasteiger partial charge in [0.25, 0.3) is 0 Å². The molecule has 266 valence electrons. The van der Waals surface area contributed by atoms with Gasteiger partial charge >= 0.3 is 12.1 Å². The molecule has 49 heavy (non-hydrogen) atoms. The first kappa shape index (κ1) is 39.0. The van der Waals surface area contributed by atoms with Gasteiger partial charge in [-0.15, -0.1) is 0 Å². The standard InChI is InChI=1S/C38H51N3O8/c1-5-6-18-33(35(44)40-31(22-25(2)3)34(43)23-29(20-21-42)37(46)47)41(32-19-12-16-28-15-10-11-17-30(28)32)36(45)26(4)39-38(48)49-24-27-13-8-7-9-14-27/h7-17,19,25-26,29,31,33-34,42-43H,5-6,18,20-24H2,1-4H3,(H,39,48)(H,40,44)(H,46,47)/t26-,29?,31-,33-,34?/m0/s1. The molecule has 0 aliphatic carbocycles. The van der Waals surface area contributed by atoms with Gasteiger partial charge in [0.2, 0.25) is 11.8 Å². The molecule has 11 nitrogen and oxygen atoms in total. The van der Waals surface area contributed by atoms with Crippen molar-refractivity contribution in [2.24, 2.45) is 11.8 Å². The van der Waals surface area contributed by atoms with Crippen LogP contribution in [0.25, 0.3) is 10.8 Å². The quantitative estimate of drug-likeness (QED) is 0.112. The molecule has 0 saturated carbocycles. The number of benzene rings is 3. The van der Waals surface area contributed by atoms with E-state index in [0.29, 0.717) is 18.5 Å². The van der Waals surface area contributed by atoms with Crippen LogP contribution < -0.4 is 15.5 Å². The number of aliphatic hydroxyl groups is 2. The molecule has 0 heterocycles. The first-order chi connectivity index (χ1) is 23.5. The maximum Gasteiger partial charge on any atom is 0.408 e. The van der Waals surface area contributed by atoms with Crippen molar-refractivity contribution in [2.45, 2.75) is 97.1 Å². The minimum Gasteiger partial charge on any atom is -0.481 e. The molecule has 0 aliphatic heterocycles. The smallest absolute Gasteiger partial charge is 0.408 e. The molecular formula is C38H51N3O8. The number of rotatable bonds is 19. The summed E-state index contributed by atoms with van der Waals surface area (Å²) in [5.74, 6) is -3.13. The van der Waals surface area contributed by atoms with Gasteiger partial charge in [-0.2, -0.15) is 0 Å². The van der Waals surface area contributed by atoms with Crippen molar-refractivity contribution in [3.63, 3.8) is 0 Å². The highest BCUT2D eigenvalue weighted by atomic mass is 16.5. The highest BCUT2D eigenvalue weighted by Crippen LogP contribution is 2.31. The van der Waals surface area contributed by atoms with Crippen molar-refractivity contribution in [3.05, 3.63) is 78.4 Å². The average molecular weight is 678 g/mol. The van der Waals surface area contributed by atoms with E-state index < -0.39 is 54.0 Å². The number of ether oxygens (including phenoxy) is 1. The van der Waals surface area contributed by atoms with Crippen molar-refractivity contribution in [1.82, 2.24) is 10.6 Å². The zero-order valence-corrected chi connectivity index (χ0v) is 28.9. The number of unbranched alkanes of at least 4 members (excludes halogenated alkanes) is 1. The molecule has 5 N–H and O–H groups in total. The monoisotopic (exact) mass is 677 g/mol. The van der Waals surface area contributed by atoms with Crippen molar-refractivity contribution < 1.29 is 39.2 Å². The van der Waals surface area contributed by atoms with E-state index in [2.05, 4.69) is 10.6 Å². The Morgan fingerprint density at radius 1 is 0.857 bits per heavy atom. The Hall–Kier alpha value is -4.48. The van der Waals surface area contributed by atoms with E-state index in [1.165, 1.54) is 11.8 Å². The molecule has 0 spiro atoms. The number of anilines is 1. The number of carboxylic acids is 1. The second-order valence-electron chi connectivity index (χ2n) is 12.9. The lowest BCUT2D eigenvalue weighted by molar-refractivity contribution is -0.143. The number of carbonyl (C=O) groups excluding carboxylic acids is 3. The number of amides is 3. The third-order valence-electron chi connectivity index (χ3n) is 8.50. The van der Waals surface area contributed by atoms with Crippen LogP contribution in [0.3, 0.4) is 0 Å². The normalized spacial score (nSPS) is 14.3. The van der Waals surface area contributed by atoms with E-state index >= 15 is 0 Å². The summed E-state index contributed by atoms with van der Waals surface area (Å²) in [6.07, 6.45) is -0.216. The molecule has 3 amide bonds. The van der Waals surface area contributed by atoms with Crippen LogP contribution >= 0.6 is 0 Å². The van der Waals surface area contributed by atoms with Gasteiger partial charge in [0.1, 0.15) is 18.7 Å². The van der Waals surface area contributed by atoms with Crippen LogP contribution in [0.15, 0.2) is 72.8 Å². The van der Waals surface area contributed by atoms with Crippen LogP contribution in [0.1, 0.15) is 71.8 Å². The van der Waals surface area contributed by atoms with Crippen molar-refractivity contribution in [1.29, 1.82) is 0 Å². The number of carbonyl (C=O) groups is 4. The molecule has 0 bridgehead atoms. The van der Waals surface area contributed by atoms with Gasteiger partial charge in [-0.3, -0.25) is 19.3 Å². The van der Waals surface area contributed by atoms with Crippen LogP contribution in [-0.4, -0.2) is 70.0 Å². The molecule has 0 saturated heterocycles. The van der Waals surface area contributed by atoms with Crippen LogP contribution in [0.2, 0.25) is 0 Å². The SMILES string of the molecule is CCCC[C@@H](C(=O)N[C@@H](CC(C)C)C(O)CC(CCO)C(=O)O)N(C(=O)[C@H](C)NC(=O)OCc1ccccc1)c1cccc2ccccc12. The molecule has 3 aromatic carbocycles. The Bertz CT molecular complexity index is 1510. The van der Waals surface area contributed by atoms with Crippen LogP contribution in [0, 0.1) is 11.8 Å². The van der Waals surface area contributed by atoms with E-state index in [-0.39, 0.29) is 38.4 Å². The minimum absolute atomic E-state index is 0.0166. The number of hydrogen-bond acceptors (Lipinski definition) is 7. The second-order valence-corrected chi connectivity index (χ2v) is 12.9. The van der Waals surface area contributed by atoms with Crippen molar-refractivity contribution in [3.8, 4) is 0 Å². The Kier molecular flexibility index (Phi) is 15.5. The predicted molar refractivity (Wildman–Crippen MR) is 189 cm³/mol. The maximum atomic E-state index is 14.4. The maximum absolute atomic E-state index is 14.4. The first-order valence-electron chi connectivity index (χ1n) is 17.1. The summed E-state index contributed by atoms with van der Waals surface area (Å²) in [6.45, 7) is 7.04. The Morgan fingerprint density at radius 3 is 2.18 bits per heavy atom. The highest BCUT2D eigenvalue weighted by Gasteiger charge is 2.37. The van der Waals surface area contributed by atoms with E-state index in [4.69, 9.17) is 4.74 Å². The summed E-state index contributed by atoms with van der Waals surface area (Å²) in [6, 6.07) is 19.2. The molecule has 0 fully saturated rings. The van der Waals surface area contributed by atoms with Crippen molar-refractivity contribution in [2.75, 3.05) is 11.5 Å². The molecule has 0 aromatic heterocycles. The zero-order valence-electron chi connectivity index (χ0n) is 28.9.